The standard InChI is InChI=1S/C11H9ClO/c12-9-3-4-10-8(5-9)6-11(13-10)7-1-2-7/h3-7H,1-2H2. The summed E-state index contributed by atoms with van der Waals surface area (Å²) in [4.78, 5) is 0. The SMILES string of the molecule is Clc1ccc2oc(C3CC3)cc2c1. The molecule has 1 nitrogen and oxygen atoms in total. The molecule has 1 heterocycles. The number of hydrogen-bond acceptors (Lipinski definition) is 1. The van der Waals surface area contributed by atoms with Crippen LogP contribution in [0.15, 0.2) is 28.7 Å². The Bertz CT molecular complexity index is 454. The lowest BCUT2D eigenvalue weighted by Crippen LogP contribution is -1.66. The first-order valence-electron chi connectivity index (χ1n) is 4.52. The fraction of sp³-hybridized carbons (Fsp3) is 0.273. The summed E-state index contributed by atoms with van der Waals surface area (Å²) in [6.07, 6.45) is 2.54. The Morgan fingerprint density at radius 3 is 2.85 bits per heavy atom. The van der Waals surface area contributed by atoms with Crippen LogP contribution in [-0.2, 0) is 0 Å². The van der Waals surface area contributed by atoms with Gasteiger partial charge in [0.1, 0.15) is 11.3 Å². The highest BCUT2D eigenvalue weighted by Gasteiger charge is 2.27. The van der Waals surface area contributed by atoms with E-state index in [0.29, 0.717) is 5.92 Å². The monoisotopic (exact) mass is 192 g/mol. The first kappa shape index (κ1) is 7.45. The third-order valence-corrected chi connectivity index (χ3v) is 2.71. The van der Waals surface area contributed by atoms with Crippen molar-refractivity contribution in [2.24, 2.45) is 0 Å². The van der Waals surface area contributed by atoms with Crippen molar-refractivity contribution in [1.29, 1.82) is 0 Å². The molecule has 1 aromatic heterocycles. The second-order valence-corrected chi connectivity index (χ2v) is 4.04. The van der Waals surface area contributed by atoms with E-state index in [-0.39, 0.29) is 0 Å². The maximum Gasteiger partial charge on any atom is 0.134 e. The molecule has 0 bridgehead atoms. The predicted octanol–water partition coefficient (Wildman–Crippen LogP) is 3.96. The van der Waals surface area contributed by atoms with Crippen LogP contribution in [0.25, 0.3) is 11.0 Å². The summed E-state index contributed by atoms with van der Waals surface area (Å²) >= 11 is 5.88. The molecule has 2 heteroatoms. The lowest BCUT2D eigenvalue weighted by Gasteiger charge is -1.88. The first-order valence-corrected chi connectivity index (χ1v) is 4.90. The van der Waals surface area contributed by atoms with Crippen molar-refractivity contribution in [3.05, 3.63) is 35.0 Å². The van der Waals surface area contributed by atoms with Gasteiger partial charge in [-0.15, -0.1) is 0 Å². The lowest BCUT2D eigenvalue weighted by atomic mass is 10.2. The van der Waals surface area contributed by atoms with E-state index in [0.717, 1.165) is 21.8 Å². The Hall–Kier alpha value is -0.950. The Labute approximate surface area is 81.3 Å². The topological polar surface area (TPSA) is 13.1 Å². The third kappa shape index (κ3) is 1.24. The molecule has 66 valence electrons. The van der Waals surface area contributed by atoms with Gasteiger partial charge in [-0.2, -0.15) is 0 Å². The second-order valence-electron chi connectivity index (χ2n) is 3.61. The van der Waals surface area contributed by atoms with Gasteiger partial charge in [0.2, 0.25) is 0 Å². The van der Waals surface area contributed by atoms with E-state index in [1.807, 2.05) is 18.2 Å². The zero-order valence-corrected chi connectivity index (χ0v) is 7.84. The Balaban J connectivity index is 2.20. The van der Waals surface area contributed by atoms with Crippen LogP contribution in [-0.4, -0.2) is 0 Å². The summed E-state index contributed by atoms with van der Waals surface area (Å²) in [5, 5.41) is 1.89. The molecule has 0 saturated heterocycles. The van der Waals surface area contributed by atoms with Crippen molar-refractivity contribution >= 4 is 22.6 Å². The predicted molar refractivity (Wildman–Crippen MR) is 53.2 cm³/mol. The van der Waals surface area contributed by atoms with Gasteiger partial charge in [-0.3, -0.25) is 0 Å². The summed E-state index contributed by atoms with van der Waals surface area (Å²) in [7, 11) is 0. The van der Waals surface area contributed by atoms with Gasteiger partial charge in [0.15, 0.2) is 0 Å². The highest BCUT2D eigenvalue weighted by atomic mass is 35.5. The van der Waals surface area contributed by atoms with Gasteiger partial charge in [-0.25, -0.2) is 0 Å². The second kappa shape index (κ2) is 2.52. The van der Waals surface area contributed by atoms with E-state index >= 15 is 0 Å². The molecule has 0 radical (unpaired) electrons. The van der Waals surface area contributed by atoms with Crippen LogP contribution < -0.4 is 0 Å². The largest absolute Gasteiger partial charge is 0.461 e. The summed E-state index contributed by atoms with van der Waals surface area (Å²) in [5.74, 6) is 1.79. The van der Waals surface area contributed by atoms with Crippen molar-refractivity contribution in [1.82, 2.24) is 0 Å². The minimum atomic E-state index is 0.672. The van der Waals surface area contributed by atoms with Crippen molar-refractivity contribution in [2.75, 3.05) is 0 Å². The van der Waals surface area contributed by atoms with Crippen LogP contribution in [0.2, 0.25) is 5.02 Å². The van der Waals surface area contributed by atoms with Gasteiger partial charge < -0.3 is 4.42 Å². The Morgan fingerprint density at radius 2 is 2.08 bits per heavy atom. The molecule has 1 aromatic carbocycles. The van der Waals surface area contributed by atoms with Crippen LogP contribution in [0.5, 0.6) is 0 Å². The van der Waals surface area contributed by atoms with Crippen LogP contribution >= 0.6 is 11.6 Å². The lowest BCUT2D eigenvalue weighted by molar-refractivity contribution is 0.552. The summed E-state index contributed by atoms with van der Waals surface area (Å²) in [6, 6.07) is 7.86. The molecule has 0 aliphatic heterocycles. The van der Waals surface area contributed by atoms with Crippen LogP contribution in [0.1, 0.15) is 24.5 Å². The molecule has 1 fully saturated rings. The minimum absolute atomic E-state index is 0.672. The van der Waals surface area contributed by atoms with Gasteiger partial charge in [0.25, 0.3) is 0 Å². The number of fused-ring (bicyclic) bond motifs is 1. The van der Waals surface area contributed by atoms with Gasteiger partial charge in [0.05, 0.1) is 0 Å². The average molecular weight is 193 g/mol. The number of benzene rings is 1. The van der Waals surface area contributed by atoms with Crippen molar-refractivity contribution in [2.45, 2.75) is 18.8 Å². The van der Waals surface area contributed by atoms with Crippen LogP contribution in [0.4, 0.5) is 0 Å². The van der Waals surface area contributed by atoms with E-state index in [1.165, 1.54) is 12.8 Å². The molecule has 0 N–H and O–H groups in total. The molecule has 1 saturated carbocycles. The maximum atomic E-state index is 5.88. The molecule has 3 rings (SSSR count). The van der Waals surface area contributed by atoms with Crippen LogP contribution in [0.3, 0.4) is 0 Å². The number of hydrogen-bond donors (Lipinski definition) is 0. The number of furan rings is 1. The zero-order chi connectivity index (χ0) is 8.84. The minimum Gasteiger partial charge on any atom is -0.461 e. The van der Waals surface area contributed by atoms with Gasteiger partial charge in [0, 0.05) is 16.3 Å². The normalized spacial score (nSPS) is 16.7. The molecule has 0 atom stereocenters. The molecule has 1 aliphatic carbocycles. The van der Waals surface area contributed by atoms with Crippen molar-refractivity contribution in [3.63, 3.8) is 0 Å². The summed E-state index contributed by atoms with van der Waals surface area (Å²) in [6.45, 7) is 0. The quantitative estimate of drug-likeness (QED) is 0.667. The maximum absolute atomic E-state index is 5.88. The van der Waals surface area contributed by atoms with Crippen molar-refractivity contribution < 1.29 is 4.42 Å². The fourth-order valence-corrected chi connectivity index (χ4v) is 1.78. The molecule has 1 aliphatic rings. The Kier molecular flexibility index (Phi) is 1.44. The fourth-order valence-electron chi connectivity index (χ4n) is 1.60. The molecule has 13 heavy (non-hydrogen) atoms. The van der Waals surface area contributed by atoms with E-state index in [4.69, 9.17) is 16.0 Å². The van der Waals surface area contributed by atoms with E-state index in [2.05, 4.69) is 6.07 Å². The smallest absolute Gasteiger partial charge is 0.134 e. The van der Waals surface area contributed by atoms with E-state index in [1.54, 1.807) is 0 Å². The first-order chi connectivity index (χ1) is 6.33. The van der Waals surface area contributed by atoms with E-state index < -0.39 is 0 Å². The average Bonchev–Trinajstić information content (AvgIpc) is 2.87. The highest BCUT2D eigenvalue weighted by Crippen LogP contribution is 2.42. The third-order valence-electron chi connectivity index (χ3n) is 2.48. The molecule has 0 amide bonds. The van der Waals surface area contributed by atoms with Gasteiger partial charge in [-0.1, -0.05) is 11.6 Å². The van der Waals surface area contributed by atoms with Crippen LogP contribution in [0, 0.1) is 0 Å². The summed E-state index contributed by atoms with van der Waals surface area (Å²) < 4.78 is 5.69. The number of rotatable bonds is 1. The van der Waals surface area contributed by atoms with Gasteiger partial charge >= 0.3 is 0 Å². The molecule has 0 spiro atoms. The van der Waals surface area contributed by atoms with E-state index in [9.17, 15) is 0 Å². The van der Waals surface area contributed by atoms with Crippen molar-refractivity contribution in [3.8, 4) is 0 Å². The number of halogens is 1. The highest BCUT2D eigenvalue weighted by molar-refractivity contribution is 6.31. The zero-order valence-electron chi connectivity index (χ0n) is 7.09. The Morgan fingerprint density at radius 1 is 1.23 bits per heavy atom. The molecular formula is C11H9ClO. The molecular weight excluding hydrogens is 184 g/mol. The summed E-state index contributed by atoms with van der Waals surface area (Å²) in [5.41, 5.74) is 0.950. The molecule has 2 aromatic rings. The van der Waals surface area contributed by atoms with Gasteiger partial charge in [-0.05, 0) is 37.1 Å². The molecule has 0 unspecified atom stereocenters.